The Morgan fingerprint density at radius 1 is 1.21 bits per heavy atom. The van der Waals surface area contributed by atoms with E-state index in [9.17, 15) is 4.79 Å². The van der Waals surface area contributed by atoms with Crippen molar-refractivity contribution in [3.05, 3.63) is 40.7 Å². The molecule has 24 heavy (non-hydrogen) atoms. The minimum atomic E-state index is 0.0812. The first-order chi connectivity index (χ1) is 11.6. The van der Waals surface area contributed by atoms with Crippen LogP contribution in [0.1, 0.15) is 20.9 Å². The van der Waals surface area contributed by atoms with Crippen molar-refractivity contribution in [1.82, 2.24) is 19.9 Å². The summed E-state index contributed by atoms with van der Waals surface area (Å²) < 4.78 is 0. The van der Waals surface area contributed by atoms with Crippen molar-refractivity contribution in [1.29, 1.82) is 0 Å². The number of benzene rings is 1. The molecule has 3 aromatic rings. The summed E-state index contributed by atoms with van der Waals surface area (Å²) in [4.78, 5) is 30.0. The summed E-state index contributed by atoms with van der Waals surface area (Å²) in [6.45, 7) is 7.23. The van der Waals surface area contributed by atoms with Gasteiger partial charge in [0.25, 0.3) is 5.91 Å². The van der Waals surface area contributed by atoms with E-state index in [0.29, 0.717) is 5.56 Å². The molecule has 7 heteroatoms. The molecule has 1 amide bonds. The third-order valence-corrected chi connectivity index (χ3v) is 5.66. The Kier molecular flexibility index (Phi) is 3.72. The number of anilines is 1. The topological polar surface area (TPSA) is 65.1 Å². The molecule has 4 rings (SSSR count). The number of H-pyrrole nitrogens is 1. The average Bonchev–Trinajstić information content (AvgIpc) is 3.20. The number of carbonyl (C=O) groups excluding carboxylic acids is 1. The summed E-state index contributed by atoms with van der Waals surface area (Å²) in [5.41, 5.74) is 3.58. The van der Waals surface area contributed by atoms with Gasteiger partial charge in [0.05, 0.1) is 23.1 Å². The lowest BCUT2D eigenvalue weighted by molar-refractivity contribution is 0.0747. The predicted molar refractivity (Wildman–Crippen MR) is 95.8 cm³/mol. The summed E-state index contributed by atoms with van der Waals surface area (Å²) in [7, 11) is 0. The van der Waals surface area contributed by atoms with E-state index in [1.165, 1.54) is 4.88 Å². The molecule has 6 nitrogen and oxygen atoms in total. The van der Waals surface area contributed by atoms with E-state index in [2.05, 4.69) is 26.8 Å². The van der Waals surface area contributed by atoms with Crippen LogP contribution in [0.3, 0.4) is 0 Å². The van der Waals surface area contributed by atoms with Crippen molar-refractivity contribution in [2.45, 2.75) is 13.8 Å². The lowest BCUT2D eigenvalue weighted by Crippen LogP contribution is -2.48. The minimum absolute atomic E-state index is 0.0812. The summed E-state index contributed by atoms with van der Waals surface area (Å²) in [6.07, 6.45) is 1.65. The SMILES string of the molecule is Cc1nc(N2CCN(C(=O)c3ccc4nc[nH]c4c3)CC2)sc1C. The van der Waals surface area contributed by atoms with E-state index >= 15 is 0 Å². The molecule has 0 unspecified atom stereocenters. The van der Waals surface area contributed by atoms with Crippen LogP contribution in [0.4, 0.5) is 5.13 Å². The second-order valence-electron chi connectivity index (χ2n) is 6.05. The minimum Gasteiger partial charge on any atom is -0.345 e. The lowest BCUT2D eigenvalue weighted by atomic mass is 10.1. The monoisotopic (exact) mass is 341 g/mol. The smallest absolute Gasteiger partial charge is 0.254 e. The maximum absolute atomic E-state index is 12.7. The van der Waals surface area contributed by atoms with Crippen LogP contribution in [0.5, 0.6) is 0 Å². The number of aromatic nitrogens is 3. The largest absolute Gasteiger partial charge is 0.345 e. The molecule has 0 spiro atoms. The van der Waals surface area contributed by atoms with Gasteiger partial charge in [0.2, 0.25) is 0 Å². The Labute approximate surface area is 144 Å². The number of nitrogens with zero attached hydrogens (tertiary/aromatic N) is 4. The molecule has 1 saturated heterocycles. The van der Waals surface area contributed by atoms with Crippen LogP contribution in [-0.2, 0) is 0 Å². The first-order valence-corrected chi connectivity index (χ1v) is 8.85. The molecule has 0 bridgehead atoms. The molecule has 0 radical (unpaired) electrons. The zero-order chi connectivity index (χ0) is 16.7. The maximum Gasteiger partial charge on any atom is 0.254 e. The number of piperazine rings is 1. The molecule has 0 aliphatic carbocycles. The molecule has 3 heterocycles. The van der Waals surface area contributed by atoms with Crippen molar-refractivity contribution in [2.75, 3.05) is 31.1 Å². The summed E-state index contributed by atoms with van der Waals surface area (Å²) in [6, 6.07) is 5.62. The number of fused-ring (bicyclic) bond motifs is 1. The number of thiazole rings is 1. The van der Waals surface area contributed by atoms with Crippen LogP contribution in [0.15, 0.2) is 24.5 Å². The second-order valence-corrected chi connectivity index (χ2v) is 7.23. The highest BCUT2D eigenvalue weighted by molar-refractivity contribution is 7.15. The number of rotatable bonds is 2. The Morgan fingerprint density at radius 3 is 2.71 bits per heavy atom. The van der Waals surface area contributed by atoms with Crippen LogP contribution in [0.25, 0.3) is 11.0 Å². The Morgan fingerprint density at radius 2 is 2.00 bits per heavy atom. The van der Waals surface area contributed by atoms with Gasteiger partial charge in [-0.15, -0.1) is 11.3 Å². The standard InChI is InChI=1S/C17H19N5OS/c1-11-12(2)24-17(20-11)22-7-5-21(6-8-22)16(23)13-3-4-14-15(9-13)19-10-18-14/h3-4,9-10H,5-8H2,1-2H3,(H,18,19). The molecule has 1 fully saturated rings. The molecule has 0 saturated carbocycles. The van der Waals surface area contributed by atoms with Gasteiger partial charge in [-0.05, 0) is 32.0 Å². The normalized spacial score (nSPS) is 15.2. The Balaban J connectivity index is 1.45. The highest BCUT2D eigenvalue weighted by Crippen LogP contribution is 2.26. The third-order valence-electron chi connectivity index (χ3n) is 4.52. The fourth-order valence-corrected chi connectivity index (χ4v) is 3.90. The second kappa shape index (κ2) is 5.90. The fraction of sp³-hybridized carbons (Fsp3) is 0.353. The van der Waals surface area contributed by atoms with Gasteiger partial charge in [-0.25, -0.2) is 9.97 Å². The van der Waals surface area contributed by atoms with Crippen LogP contribution in [0, 0.1) is 13.8 Å². The summed E-state index contributed by atoms with van der Waals surface area (Å²) >= 11 is 1.73. The first kappa shape index (κ1) is 15.1. The van der Waals surface area contributed by atoms with Gasteiger partial charge in [0.1, 0.15) is 0 Å². The van der Waals surface area contributed by atoms with E-state index in [0.717, 1.165) is 48.0 Å². The molecular formula is C17H19N5OS. The average molecular weight is 341 g/mol. The molecule has 1 N–H and O–H groups in total. The van der Waals surface area contributed by atoms with Crippen LogP contribution in [0.2, 0.25) is 0 Å². The number of amides is 1. The molecule has 124 valence electrons. The maximum atomic E-state index is 12.7. The number of hydrogen-bond donors (Lipinski definition) is 1. The van der Waals surface area contributed by atoms with E-state index in [1.54, 1.807) is 17.7 Å². The number of imidazole rings is 1. The van der Waals surface area contributed by atoms with E-state index in [-0.39, 0.29) is 5.91 Å². The fourth-order valence-electron chi connectivity index (χ4n) is 2.94. The number of aryl methyl sites for hydroxylation is 2. The van der Waals surface area contributed by atoms with Crippen molar-refractivity contribution in [2.24, 2.45) is 0 Å². The summed E-state index contributed by atoms with van der Waals surface area (Å²) in [5, 5.41) is 1.07. The molecule has 1 aliphatic rings. The number of nitrogens with one attached hydrogen (secondary N) is 1. The zero-order valence-corrected chi connectivity index (χ0v) is 14.6. The number of carbonyl (C=O) groups is 1. The van der Waals surface area contributed by atoms with Gasteiger partial charge in [-0.1, -0.05) is 0 Å². The van der Waals surface area contributed by atoms with Gasteiger partial charge in [-0.2, -0.15) is 0 Å². The zero-order valence-electron chi connectivity index (χ0n) is 13.7. The van der Waals surface area contributed by atoms with E-state index < -0.39 is 0 Å². The Bertz CT molecular complexity index is 872. The van der Waals surface area contributed by atoms with Crippen LogP contribution in [-0.4, -0.2) is 51.9 Å². The number of hydrogen-bond acceptors (Lipinski definition) is 5. The van der Waals surface area contributed by atoms with E-state index in [1.807, 2.05) is 30.0 Å². The number of aromatic amines is 1. The van der Waals surface area contributed by atoms with Crippen molar-refractivity contribution in [3.8, 4) is 0 Å². The molecular weight excluding hydrogens is 322 g/mol. The van der Waals surface area contributed by atoms with Gasteiger partial charge in [-0.3, -0.25) is 4.79 Å². The van der Waals surface area contributed by atoms with Crippen molar-refractivity contribution < 1.29 is 4.79 Å². The van der Waals surface area contributed by atoms with Gasteiger partial charge >= 0.3 is 0 Å². The molecule has 2 aromatic heterocycles. The Hall–Kier alpha value is -2.41. The highest BCUT2D eigenvalue weighted by Gasteiger charge is 2.24. The lowest BCUT2D eigenvalue weighted by Gasteiger charge is -2.34. The quantitative estimate of drug-likeness (QED) is 0.778. The third kappa shape index (κ3) is 2.65. The molecule has 1 aromatic carbocycles. The molecule has 1 aliphatic heterocycles. The van der Waals surface area contributed by atoms with Gasteiger partial charge in [0, 0.05) is 36.6 Å². The van der Waals surface area contributed by atoms with Crippen molar-refractivity contribution >= 4 is 33.4 Å². The van der Waals surface area contributed by atoms with Crippen LogP contribution < -0.4 is 4.90 Å². The predicted octanol–water partition coefficient (Wildman–Crippen LogP) is 2.60. The first-order valence-electron chi connectivity index (χ1n) is 8.03. The van der Waals surface area contributed by atoms with Gasteiger partial charge in [0.15, 0.2) is 5.13 Å². The highest BCUT2D eigenvalue weighted by atomic mass is 32.1. The summed E-state index contributed by atoms with van der Waals surface area (Å²) in [5.74, 6) is 0.0812. The van der Waals surface area contributed by atoms with Crippen LogP contribution >= 0.6 is 11.3 Å². The molecule has 0 atom stereocenters. The van der Waals surface area contributed by atoms with E-state index in [4.69, 9.17) is 0 Å². The van der Waals surface area contributed by atoms with Gasteiger partial charge < -0.3 is 14.8 Å². The van der Waals surface area contributed by atoms with Crippen molar-refractivity contribution in [3.63, 3.8) is 0 Å².